The van der Waals surface area contributed by atoms with Gasteiger partial charge in [0.05, 0.1) is 5.75 Å². The van der Waals surface area contributed by atoms with E-state index in [2.05, 4.69) is 0 Å². The van der Waals surface area contributed by atoms with Crippen molar-refractivity contribution < 1.29 is 13.5 Å². The molecule has 0 spiro atoms. The minimum Gasteiger partial charge on any atom is -0.396 e. The number of rotatable bonds is 5. The maximum atomic E-state index is 11.9. The summed E-state index contributed by atoms with van der Waals surface area (Å²) in [7, 11) is -3.06. The van der Waals surface area contributed by atoms with E-state index in [1.165, 1.54) is 0 Å². The quantitative estimate of drug-likeness (QED) is 0.797. The summed E-state index contributed by atoms with van der Waals surface area (Å²) >= 11 is 0. The Kier molecular flexibility index (Phi) is 4.76. The average molecular weight is 249 g/mol. The van der Waals surface area contributed by atoms with Crippen LogP contribution in [0.1, 0.15) is 39.5 Å². The first kappa shape index (κ1) is 13.9. The van der Waals surface area contributed by atoms with Crippen LogP contribution in [0, 0.1) is 5.41 Å². The van der Waals surface area contributed by atoms with Crippen LogP contribution in [0.3, 0.4) is 0 Å². The maximum absolute atomic E-state index is 11.9. The third-order valence-corrected chi connectivity index (χ3v) is 5.70. The molecular weight excluding hydrogens is 226 g/mol. The van der Waals surface area contributed by atoms with Gasteiger partial charge in [-0.3, -0.25) is 0 Å². The molecule has 0 amide bonds. The van der Waals surface area contributed by atoms with Crippen LogP contribution < -0.4 is 0 Å². The molecule has 1 aliphatic heterocycles. The van der Waals surface area contributed by atoms with Gasteiger partial charge in [-0.1, -0.05) is 13.8 Å². The predicted octanol–water partition coefficient (Wildman–Crippen LogP) is 1.21. The molecule has 0 aromatic heterocycles. The second-order valence-corrected chi connectivity index (χ2v) is 6.81. The van der Waals surface area contributed by atoms with Crippen molar-refractivity contribution in [2.45, 2.75) is 39.5 Å². The first-order chi connectivity index (χ1) is 7.49. The van der Waals surface area contributed by atoms with Crippen LogP contribution >= 0.6 is 0 Å². The minimum atomic E-state index is -3.06. The Morgan fingerprint density at radius 3 is 2.31 bits per heavy atom. The highest BCUT2D eigenvalue weighted by Crippen LogP contribution is 2.29. The fraction of sp³-hybridized carbons (Fsp3) is 1.00. The van der Waals surface area contributed by atoms with Crippen molar-refractivity contribution >= 4 is 10.0 Å². The molecule has 1 N–H and O–H groups in total. The van der Waals surface area contributed by atoms with Gasteiger partial charge in [0.15, 0.2) is 0 Å². The van der Waals surface area contributed by atoms with Crippen LogP contribution in [0.25, 0.3) is 0 Å². The topological polar surface area (TPSA) is 57.6 Å². The van der Waals surface area contributed by atoms with Gasteiger partial charge < -0.3 is 5.11 Å². The van der Waals surface area contributed by atoms with Crippen molar-refractivity contribution in [2.24, 2.45) is 5.41 Å². The summed E-state index contributed by atoms with van der Waals surface area (Å²) in [6, 6.07) is 0. The smallest absolute Gasteiger partial charge is 0.214 e. The predicted molar refractivity (Wildman–Crippen MR) is 64.7 cm³/mol. The molecule has 16 heavy (non-hydrogen) atoms. The Labute approximate surface area is 98.7 Å². The van der Waals surface area contributed by atoms with E-state index >= 15 is 0 Å². The average Bonchev–Trinajstić information content (AvgIpc) is 2.28. The van der Waals surface area contributed by atoms with E-state index in [0.29, 0.717) is 13.1 Å². The zero-order valence-corrected chi connectivity index (χ0v) is 11.1. The summed E-state index contributed by atoms with van der Waals surface area (Å²) in [5.74, 6) is 0.266. The number of hydrogen-bond donors (Lipinski definition) is 1. The highest BCUT2D eigenvalue weighted by atomic mass is 32.2. The normalized spacial score (nSPS) is 22.2. The summed E-state index contributed by atoms with van der Waals surface area (Å²) < 4.78 is 25.3. The number of nitrogens with zero attached hydrogens (tertiary/aromatic N) is 1. The van der Waals surface area contributed by atoms with Crippen LogP contribution in [0.5, 0.6) is 0 Å². The Balaban J connectivity index is 2.77. The third-order valence-electron chi connectivity index (χ3n) is 3.80. The van der Waals surface area contributed by atoms with Crippen LogP contribution in [0.4, 0.5) is 0 Å². The summed E-state index contributed by atoms with van der Waals surface area (Å²) in [5.41, 5.74) is -0.260. The van der Waals surface area contributed by atoms with E-state index in [4.69, 9.17) is 0 Å². The summed E-state index contributed by atoms with van der Waals surface area (Å²) in [6.45, 7) is 5.17. The van der Waals surface area contributed by atoms with E-state index in [9.17, 15) is 13.5 Å². The lowest BCUT2D eigenvalue weighted by atomic mass is 9.83. The summed E-state index contributed by atoms with van der Waals surface area (Å²) in [5, 5.41) is 9.46. The molecule has 5 heteroatoms. The second-order valence-electron chi connectivity index (χ2n) is 4.72. The fourth-order valence-electron chi connectivity index (χ4n) is 2.14. The van der Waals surface area contributed by atoms with Crippen LogP contribution in [0.15, 0.2) is 0 Å². The van der Waals surface area contributed by atoms with Gasteiger partial charge in [0.1, 0.15) is 0 Å². The van der Waals surface area contributed by atoms with Gasteiger partial charge in [-0.15, -0.1) is 0 Å². The number of aliphatic hydroxyl groups is 1. The Bertz CT molecular complexity index is 301. The molecule has 0 saturated carbocycles. The summed E-state index contributed by atoms with van der Waals surface area (Å²) in [6.07, 6.45) is 3.33. The molecule has 0 unspecified atom stereocenters. The molecule has 0 aromatic carbocycles. The third kappa shape index (κ3) is 2.96. The molecule has 0 aliphatic carbocycles. The fourth-order valence-corrected chi connectivity index (χ4v) is 3.84. The molecule has 1 aliphatic rings. The minimum absolute atomic E-state index is 0.0615. The lowest BCUT2D eigenvalue weighted by Crippen LogP contribution is -2.46. The van der Waals surface area contributed by atoms with Crippen molar-refractivity contribution in [1.29, 1.82) is 0 Å². The highest BCUT2D eigenvalue weighted by Gasteiger charge is 2.34. The Morgan fingerprint density at radius 2 is 1.88 bits per heavy atom. The van der Waals surface area contributed by atoms with Crippen LogP contribution in [0.2, 0.25) is 0 Å². The molecule has 96 valence electrons. The zero-order valence-electron chi connectivity index (χ0n) is 10.3. The first-order valence-electron chi connectivity index (χ1n) is 6.08. The molecule has 1 heterocycles. The SMILES string of the molecule is CCC(CC)(CO)CN1CCCCS1(=O)=O. The van der Waals surface area contributed by atoms with E-state index in [0.717, 1.165) is 25.7 Å². The second kappa shape index (κ2) is 5.47. The van der Waals surface area contributed by atoms with Crippen LogP contribution in [-0.2, 0) is 10.0 Å². The molecular formula is C11H23NO3S. The van der Waals surface area contributed by atoms with Gasteiger partial charge in [-0.05, 0) is 25.7 Å². The maximum Gasteiger partial charge on any atom is 0.214 e. The number of sulfonamides is 1. The van der Waals surface area contributed by atoms with Crippen molar-refractivity contribution in [3.63, 3.8) is 0 Å². The monoisotopic (exact) mass is 249 g/mol. The standard InChI is InChI=1S/C11H23NO3S/c1-3-11(4-2,10-13)9-12-7-5-6-8-16(12,14)15/h13H,3-10H2,1-2H3. The largest absolute Gasteiger partial charge is 0.396 e. The molecule has 0 atom stereocenters. The summed E-state index contributed by atoms with van der Waals surface area (Å²) in [4.78, 5) is 0. The lowest BCUT2D eigenvalue weighted by molar-refractivity contribution is 0.0903. The van der Waals surface area contributed by atoms with Crippen molar-refractivity contribution in [2.75, 3.05) is 25.4 Å². The molecule has 0 radical (unpaired) electrons. The Hall–Kier alpha value is -0.130. The van der Waals surface area contributed by atoms with E-state index in [1.807, 2.05) is 13.8 Å². The van der Waals surface area contributed by atoms with Gasteiger partial charge in [-0.25, -0.2) is 12.7 Å². The molecule has 0 bridgehead atoms. The van der Waals surface area contributed by atoms with Crippen LogP contribution in [-0.4, -0.2) is 43.3 Å². The van der Waals surface area contributed by atoms with Gasteiger partial charge in [0.25, 0.3) is 0 Å². The molecule has 0 aromatic rings. The molecule has 1 rings (SSSR count). The van der Waals surface area contributed by atoms with E-state index in [-0.39, 0.29) is 17.8 Å². The van der Waals surface area contributed by atoms with Gasteiger partial charge in [0.2, 0.25) is 10.0 Å². The van der Waals surface area contributed by atoms with E-state index < -0.39 is 10.0 Å². The number of hydrogen-bond acceptors (Lipinski definition) is 3. The molecule has 4 nitrogen and oxygen atoms in total. The highest BCUT2D eigenvalue weighted by molar-refractivity contribution is 7.89. The van der Waals surface area contributed by atoms with Crippen molar-refractivity contribution in [1.82, 2.24) is 4.31 Å². The van der Waals surface area contributed by atoms with Gasteiger partial charge >= 0.3 is 0 Å². The van der Waals surface area contributed by atoms with Gasteiger partial charge in [-0.2, -0.15) is 0 Å². The molecule has 1 fully saturated rings. The number of aliphatic hydroxyl groups excluding tert-OH is 1. The van der Waals surface area contributed by atoms with Gasteiger partial charge in [0, 0.05) is 25.1 Å². The Morgan fingerprint density at radius 1 is 1.25 bits per heavy atom. The lowest BCUT2D eigenvalue weighted by Gasteiger charge is -2.36. The zero-order chi connectivity index (χ0) is 12.2. The van der Waals surface area contributed by atoms with Crippen molar-refractivity contribution in [3.8, 4) is 0 Å². The van der Waals surface area contributed by atoms with Crippen molar-refractivity contribution in [3.05, 3.63) is 0 Å². The first-order valence-corrected chi connectivity index (χ1v) is 7.69. The molecule has 1 saturated heterocycles. The van der Waals surface area contributed by atoms with E-state index in [1.54, 1.807) is 4.31 Å².